The van der Waals surface area contributed by atoms with Gasteiger partial charge in [0.2, 0.25) is 0 Å². The quantitative estimate of drug-likeness (QED) is 0.506. The number of fused-ring (bicyclic) bond motifs is 1. The number of rotatable bonds is 3. The molecule has 2 aromatic carbocycles. The second-order valence-corrected chi connectivity index (χ2v) is 5.19. The summed E-state index contributed by atoms with van der Waals surface area (Å²) in [7, 11) is 0. The number of carbonyl (C=O) groups is 3. The molecule has 0 aromatic heterocycles. The summed E-state index contributed by atoms with van der Waals surface area (Å²) in [6, 6.07) is 12.6. The molecule has 0 aliphatic carbocycles. The molecule has 118 valence electrons. The Bertz CT molecular complexity index is 897. The number of hydrogen-bond acceptors (Lipinski definition) is 5. The lowest BCUT2D eigenvalue weighted by atomic mass is 10.1. The molecule has 3 rings (SSSR count). The number of imide groups is 1. The standard InChI is InChI=1S/C17H12N4O3/c18-7-8-21-16(23)13-6-5-12(9-14(13)17(21)24)20-15(22)10-1-3-11(19)4-2-10/h1-6,9H,8,19H2,(H,20,22). The number of nitriles is 1. The van der Waals surface area contributed by atoms with Gasteiger partial charge in [-0.15, -0.1) is 0 Å². The van der Waals surface area contributed by atoms with Gasteiger partial charge in [0.25, 0.3) is 17.7 Å². The van der Waals surface area contributed by atoms with E-state index in [-0.39, 0.29) is 23.6 Å². The highest BCUT2D eigenvalue weighted by molar-refractivity contribution is 6.22. The average Bonchev–Trinajstić information content (AvgIpc) is 2.80. The Morgan fingerprint density at radius 3 is 2.42 bits per heavy atom. The molecule has 2 aromatic rings. The molecule has 24 heavy (non-hydrogen) atoms. The summed E-state index contributed by atoms with van der Waals surface area (Å²) in [6.07, 6.45) is 0. The van der Waals surface area contributed by atoms with Crippen molar-refractivity contribution in [3.63, 3.8) is 0 Å². The van der Waals surface area contributed by atoms with E-state index in [1.165, 1.54) is 18.2 Å². The van der Waals surface area contributed by atoms with Crippen molar-refractivity contribution >= 4 is 29.1 Å². The van der Waals surface area contributed by atoms with Crippen molar-refractivity contribution < 1.29 is 14.4 Å². The first-order chi connectivity index (χ1) is 11.5. The summed E-state index contributed by atoms with van der Waals surface area (Å²) in [5.74, 6) is -1.41. The molecule has 7 heteroatoms. The summed E-state index contributed by atoms with van der Waals surface area (Å²) >= 11 is 0. The number of hydrogen-bond donors (Lipinski definition) is 2. The lowest BCUT2D eigenvalue weighted by molar-refractivity contribution is 0.0673. The minimum absolute atomic E-state index is 0.172. The predicted octanol–water partition coefficient (Wildman–Crippen LogP) is 1.64. The van der Waals surface area contributed by atoms with E-state index in [1.807, 2.05) is 0 Å². The molecular formula is C17H12N4O3. The van der Waals surface area contributed by atoms with E-state index in [2.05, 4.69) is 5.32 Å². The van der Waals surface area contributed by atoms with E-state index in [0.29, 0.717) is 16.9 Å². The van der Waals surface area contributed by atoms with Gasteiger partial charge in [0, 0.05) is 16.9 Å². The van der Waals surface area contributed by atoms with Gasteiger partial charge in [0.15, 0.2) is 0 Å². The molecule has 7 nitrogen and oxygen atoms in total. The fourth-order valence-corrected chi connectivity index (χ4v) is 2.42. The Kier molecular flexibility index (Phi) is 3.72. The van der Waals surface area contributed by atoms with Crippen molar-refractivity contribution in [2.75, 3.05) is 17.6 Å². The first-order valence-corrected chi connectivity index (χ1v) is 7.05. The second-order valence-electron chi connectivity index (χ2n) is 5.19. The van der Waals surface area contributed by atoms with Crippen LogP contribution in [0.5, 0.6) is 0 Å². The molecule has 3 amide bonds. The third-order valence-corrected chi connectivity index (χ3v) is 3.63. The van der Waals surface area contributed by atoms with Crippen LogP contribution < -0.4 is 11.1 Å². The highest BCUT2D eigenvalue weighted by atomic mass is 16.2. The number of carbonyl (C=O) groups excluding carboxylic acids is 3. The van der Waals surface area contributed by atoms with Crippen LogP contribution in [0.2, 0.25) is 0 Å². The SMILES string of the molecule is N#CCN1C(=O)c2ccc(NC(=O)c3ccc(N)cc3)cc2C1=O. The van der Waals surface area contributed by atoms with Crippen molar-refractivity contribution in [1.29, 1.82) is 5.26 Å². The van der Waals surface area contributed by atoms with Gasteiger partial charge in [-0.25, -0.2) is 0 Å². The van der Waals surface area contributed by atoms with Crippen LogP contribution in [-0.4, -0.2) is 29.2 Å². The second kappa shape index (κ2) is 5.85. The van der Waals surface area contributed by atoms with Crippen molar-refractivity contribution in [3.05, 3.63) is 59.2 Å². The van der Waals surface area contributed by atoms with Gasteiger partial charge in [0.05, 0.1) is 17.2 Å². The summed E-state index contributed by atoms with van der Waals surface area (Å²) < 4.78 is 0. The van der Waals surface area contributed by atoms with Crippen molar-refractivity contribution in [3.8, 4) is 6.07 Å². The molecule has 1 heterocycles. The Morgan fingerprint density at radius 1 is 1.08 bits per heavy atom. The van der Waals surface area contributed by atoms with Gasteiger partial charge in [-0.05, 0) is 42.5 Å². The first kappa shape index (κ1) is 15.2. The molecule has 0 saturated carbocycles. The molecule has 0 bridgehead atoms. The molecule has 1 aliphatic rings. The maximum Gasteiger partial charge on any atom is 0.262 e. The summed E-state index contributed by atoms with van der Waals surface area (Å²) in [6.45, 7) is -0.306. The van der Waals surface area contributed by atoms with Crippen LogP contribution >= 0.6 is 0 Å². The Labute approximate surface area is 137 Å². The Hall–Kier alpha value is -3.66. The Morgan fingerprint density at radius 2 is 1.75 bits per heavy atom. The van der Waals surface area contributed by atoms with Crippen LogP contribution in [0.15, 0.2) is 42.5 Å². The third-order valence-electron chi connectivity index (χ3n) is 3.63. The van der Waals surface area contributed by atoms with E-state index in [4.69, 9.17) is 11.0 Å². The molecule has 0 unspecified atom stereocenters. The molecule has 0 atom stereocenters. The monoisotopic (exact) mass is 320 g/mol. The normalized spacial score (nSPS) is 12.7. The summed E-state index contributed by atoms with van der Waals surface area (Å²) in [5, 5.41) is 11.4. The highest BCUT2D eigenvalue weighted by Gasteiger charge is 2.35. The van der Waals surface area contributed by atoms with Gasteiger partial charge in [-0.1, -0.05) is 0 Å². The van der Waals surface area contributed by atoms with E-state index >= 15 is 0 Å². The van der Waals surface area contributed by atoms with Crippen LogP contribution in [0, 0.1) is 11.3 Å². The molecule has 0 fully saturated rings. The minimum atomic E-state index is -0.542. The van der Waals surface area contributed by atoms with E-state index < -0.39 is 11.8 Å². The zero-order chi connectivity index (χ0) is 17.3. The van der Waals surface area contributed by atoms with Crippen LogP contribution in [-0.2, 0) is 0 Å². The number of nitrogens with zero attached hydrogens (tertiary/aromatic N) is 2. The molecule has 1 aliphatic heterocycles. The number of nitrogens with one attached hydrogen (secondary N) is 1. The smallest absolute Gasteiger partial charge is 0.262 e. The maximum atomic E-state index is 12.2. The van der Waals surface area contributed by atoms with Gasteiger partial charge in [-0.3, -0.25) is 19.3 Å². The number of nitrogen functional groups attached to an aromatic ring is 1. The van der Waals surface area contributed by atoms with Gasteiger partial charge in [-0.2, -0.15) is 5.26 Å². The number of nitrogens with two attached hydrogens (primary N) is 1. The zero-order valence-electron chi connectivity index (χ0n) is 12.4. The van der Waals surface area contributed by atoms with E-state index in [0.717, 1.165) is 4.90 Å². The lowest BCUT2D eigenvalue weighted by Gasteiger charge is -2.07. The number of benzene rings is 2. The molecular weight excluding hydrogens is 308 g/mol. The molecule has 3 N–H and O–H groups in total. The van der Waals surface area contributed by atoms with Gasteiger partial charge >= 0.3 is 0 Å². The number of amides is 3. The van der Waals surface area contributed by atoms with Crippen LogP contribution in [0.25, 0.3) is 0 Å². The molecule has 0 saturated heterocycles. The van der Waals surface area contributed by atoms with Crippen molar-refractivity contribution in [2.24, 2.45) is 0 Å². The average molecular weight is 320 g/mol. The first-order valence-electron chi connectivity index (χ1n) is 7.05. The largest absolute Gasteiger partial charge is 0.399 e. The minimum Gasteiger partial charge on any atom is -0.399 e. The Balaban J connectivity index is 1.84. The van der Waals surface area contributed by atoms with Crippen LogP contribution in [0.3, 0.4) is 0 Å². The fraction of sp³-hybridized carbons (Fsp3) is 0.0588. The summed E-state index contributed by atoms with van der Waals surface area (Å²) in [4.78, 5) is 37.3. The van der Waals surface area contributed by atoms with Crippen molar-refractivity contribution in [1.82, 2.24) is 4.90 Å². The molecule has 0 radical (unpaired) electrons. The fourth-order valence-electron chi connectivity index (χ4n) is 2.42. The molecule has 0 spiro atoms. The van der Waals surface area contributed by atoms with E-state index in [1.54, 1.807) is 30.3 Å². The van der Waals surface area contributed by atoms with Crippen molar-refractivity contribution in [2.45, 2.75) is 0 Å². The van der Waals surface area contributed by atoms with E-state index in [9.17, 15) is 14.4 Å². The lowest BCUT2D eigenvalue weighted by Crippen LogP contribution is -2.29. The zero-order valence-corrected chi connectivity index (χ0v) is 12.4. The van der Waals surface area contributed by atoms with Crippen LogP contribution in [0.1, 0.15) is 31.1 Å². The topological polar surface area (TPSA) is 116 Å². The predicted molar refractivity (Wildman–Crippen MR) is 86.2 cm³/mol. The summed E-state index contributed by atoms with van der Waals surface area (Å²) in [5.41, 5.74) is 7.32. The highest BCUT2D eigenvalue weighted by Crippen LogP contribution is 2.26. The third kappa shape index (κ3) is 2.57. The maximum absolute atomic E-state index is 12.2. The van der Waals surface area contributed by atoms with Gasteiger partial charge in [0.1, 0.15) is 6.54 Å². The van der Waals surface area contributed by atoms with Crippen LogP contribution in [0.4, 0.5) is 11.4 Å². The van der Waals surface area contributed by atoms with Gasteiger partial charge < -0.3 is 11.1 Å². The number of anilines is 2.